The highest BCUT2D eigenvalue weighted by molar-refractivity contribution is 5.40. The maximum atomic E-state index is 10.2. The SMILES string of the molecule is CCC1(O)CCN(Cc2cccc(N)c2)CC1. The van der Waals surface area contributed by atoms with Gasteiger partial charge in [-0.15, -0.1) is 0 Å². The number of likely N-dealkylation sites (tertiary alicyclic amines) is 1. The largest absolute Gasteiger partial charge is 0.399 e. The first-order valence-corrected chi connectivity index (χ1v) is 6.40. The van der Waals surface area contributed by atoms with Crippen molar-refractivity contribution in [1.29, 1.82) is 0 Å². The Labute approximate surface area is 103 Å². The van der Waals surface area contributed by atoms with Crippen LogP contribution in [0.4, 0.5) is 5.69 Å². The molecule has 94 valence electrons. The highest BCUT2D eigenvalue weighted by Gasteiger charge is 2.30. The Morgan fingerprint density at radius 2 is 2.06 bits per heavy atom. The molecular weight excluding hydrogens is 212 g/mol. The van der Waals surface area contributed by atoms with Gasteiger partial charge in [0.2, 0.25) is 0 Å². The van der Waals surface area contributed by atoms with E-state index in [1.807, 2.05) is 18.2 Å². The Bertz CT molecular complexity index is 370. The Balaban J connectivity index is 1.90. The number of nitrogens with two attached hydrogens (primary N) is 1. The van der Waals surface area contributed by atoms with Gasteiger partial charge in [-0.2, -0.15) is 0 Å². The van der Waals surface area contributed by atoms with Crippen LogP contribution in [0.1, 0.15) is 31.7 Å². The van der Waals surface area contributed by atoms with Crippen molar-refractivity contribution >= 4 is 5.69 Å². The van der Waals surface area contributed by atoms with Crippen molar-refractivity contribution in [2.75, 3.05) is 18.8 Å². The number of aliphatic hydroxyl groups is 1. The van der Waals surface area contributed by atoms with Crippen LogP contribution < -0.4 is 5.73 Å². The van der Waals surface area contributed by atoms with E-state index in [-0.39, 0.29) is 0 Å². The van der Waals surface area contributed by atoms with Gasteiger partial charge in [-0.05, 0) is 37.0 Å². The first-order valence-electron chi connectivity index (χ1n) is 6.40. The fourth-order valence-electron chi connectivity index (χ4n) is 2.43. The van der Waals surface area contributed by atoms with Gasteiger partial charge in [0.25, 0.3) is 0 Å². The predicted molar refractivity (Wildman–Crippen MR) is 70.6 cm³/mol. The summed E-state index contributed by atoms with van der Waals surface area (Å²) in [6.07, 6.45) is 2.62. The van der Waals surface area contributed by atoms with E-state index in [0.29, 0.717) is 0 Å². The molecule has 1 aromatic carbocycles. The smallest absolute Gasteiger partial charge is 0.0669 e. The molecule has 2 rings (SSSR count). The number of piperidine rings is 1. The summed E-state index contributed by atoms with van der Waals surface area (Å²) in [4.78, 5) is 2.39. The van der Waals surface area contributed by atoms with Crippen LogP contribution in [-0.4, -0.2) is 28.7 Å². The standard InChI is InChI=1S/C14H22N2O/c1-2-14(17)6-8-16(9-7-14)11-12-4-3-5-13(15)10-12/h3-5,10,17H,2,6-9,11,15H2,1H3. The third-order valence-corrected chi connectivity index (χ3v) is 3.80. The zero-order valence-electron chi connectivity index (χ0n) is 10.5. The molecule has 0 bridgehead atoms. The first kappa shape index (κ1) is 12.4. The van der Waals surface area contributed by atoms with Crippen molar-refractivity contribution in [2.45, 2.75) is 38.3 Å². The van der Waals surface area contributed by atoms with Crippen LogP contribution in [0.2, 0.25) is 0 Å². The molecular formula is C14H22N2O. The van der Waals surface area contributed by atoms with Crippen LogP contribution >= 0.6 is 0 Å². The number of benzene rings is 1. The molecule has 17 heavy (non-hydrogen) atoms. The third kappa shape index (κ3) is 3.20. The second-order valence-electron chi connectivity index (χ2n) is 5.10. The molecule has 0 radical (unpaired) electrons. The molecule has 0 unspecified atom stereocenters. The minimum Gasteiger partial charge on any atom is -0.399 e. The van der Waals surface area contributed by atoms with Gasteiger partial charge < -0.3 is 10.8 Å². The minimum atomic E-state index is -0.424. The summed E-state index contributed by atoms with van der Waals surface area (Å²) in [6, 6.07) is 8.05. The van der Waals surface area contributed by atoms with Crippen molar-refractivity contribution < 1.29 is 5.11 Å². The van der Waals surface area contributed by atoms with Crippen molar-refractivity contribution in [3.63, 3.8) is 0 Å². The molecule has 0 aromatic heterocycles. The summed E-state index contributed by atoms with van der Waals surface area (Å²) in [7, 11) is 0. The number of anilines is 1. The van der Waals surface area contributed by atoms with Gasteiger partial charge in [-0.1, -0.05) is 19.1 Å². The molecule has 1 aromatic rings. The number of hydrogen-bond donors (Lipinski definition) is 2. The fourth-order valence-corrected chi connectivity index (χ4v) is 2.43. The number of nitrogen functional groups attached to an aromatic ring is 1. The minimum absolute atomic E-state index is 0.424. The van der Waals surface area contributed by atoms with Crippen LogP contribution in [0, 0.1) is 0 Å². The van der Waals surface area contributed by atoms with Crippen LogP contribution in [0.25, 0.3) is 0 Å². The summed E-state index contributed by atoms with van der Waals surface area (Å²) in [5, 5.41) is 10.2. The van der Waals surface area contributed by atoms with E-state index in [1.54, 1.807) is 0 Å². The summed E-state index contributed by atoms with van der Waals surface area (Å²) in [5.74, 6) is 0. The predicted octanol–water partition coefficient (Wildman–Crippen LogP) is 2.01. The second kappa shape index (κ2) is 5.07. The maximum Gasteiger partial charge on any atom is 0.0669 e. The van der Waals surface area contributed by atoms with Gasteiger partial charge in [-0.25, -0.2) is 0 Å². The van der Waals surface area contributed by atoms with Crippen molar-refractivity contribution in [1.82, 2.24) is 4.90 Å². The molecule has 1 heterocycles. The lowest BCUT2D eigenvalue weighted by Crippen LogP contribution is -2.43. The van der Waals surface area contributed by atoms with Crippen LogP contribution in [-0.2, 0) is 6.54 Å². The fraction of sp³-hybridized carbons (Fsp3) is 0.571. The molecule has 0 spiro atoms. The Hall–Kier alpha value is -1.06. The van der Waals surface area contributed by atoms with E-state index in [1.165, 1.54) is 5.56 Å². The van der Waals surface area contributed by atoms with E-state index < -0.39 is 5.60 Å². The molecule has 1 fully saturated rings. The van der Waals surface area contributed by atoms with Gasteiger partial charge in [0, 0.05) is 25.3 Å². The Morgan fingerprint density at radius 1 is 1.35 bits per heavy atom. The number of hydrogen-bond acceptors (Lipinski definition) is 3. The van der Waals surface area contributed by atoms with E-state index >= 15 is 0 Å². The zero-order chi connectivity index (χ0) is 12.3. The van der Waals surface area contributed by atoms with Crippen molar-refractivity contribution in [3.05, 3.63) is 29.8 Å². The lowest BCUT2D eigenvalue weighted by Gasteiger charge is -2.37. The normalized spacial score (nSPS) is 20.4. The molecule has 1 aliphatic heterocycles. The number of rotatable bonds is 3. The van der Waals surface area contributed by atoms with Gasteiger partial charge in [-0.3, -0.25) is 4.90 Å². The van der Waals surface area contributed by atoms with E-state index in [2.05, 4.69) is 17.9 Å². The van der Waals surface area contributed by atoms with Gasteiger partial charge in [0.05, 0.1) is 5.60 Å². The van der Waals surface area contributed by atoms with Gasteiger partial charge >= 0.3 is 0 Å². The molecule has 0 saturated carbocycles. The van der Waals surface area contributed by atoms with E-state index in [9.17, 15) is 5.11 Å². The lowest BCUT2D eigenvalue weighted by atomic mass is 9.89. The molecule has 3 N–H and O–H groups in total. The Kier molecular flexibility index (Phi) is 3.69. The quantitative estimate of drug-likeness (QED) is 0.787. The number of nitrogens with zero attached hydrogens (tertiary/aromatic N) is 1. The monoisotopic (exact) mass is 234 g/mol. The third-order valence-electron chi connectivity index (χ3n) is 3.80. The topological polar surface area (TPSA) is 49.5 Å². The highest BCUT2D eigenvalue weighted by Crippen LogP contribution is 2.26. The molecule has 1 saturated heterocycles. The average Bonchev–Trinajstić information content (AvgIpc) is 2.33. The average molecular weight is 234 g/mol. The highest BCUT2D eigenvalue weighted by atomic mass is 16.3. The molecule has 3 heteroatoms. The summed E-state index contributed by atoms with van der Waals surface area (Å²) in [5.41, 5.74) is 7.43. The lowest BCUT2D eigenvalue weighted by molar-refractivity contribution is -0.0256. The van der Waals surface area contributed by atoms with Crippen LogP contribution in [0.3, 0.4) is 0 Å². The van der Waals surface area contributed by atoms with E-state index in [0.717, 1.165) is 44.6 Å². The van der Waals surface area contributed by atoms with E-state index in [4.69, 9.17) is 5.73 Å². The van der Waals surface area contributed by atoms with Crippen LogP contribution in [0.5, 0.6) is 0 Å². The van der Waals surface area contributed by atoms with Crippen molar-refractivity contribution in [2.24, 2.45) is 0 Å². The summed E-state index contributed by atoms with van der Waals surface area (Å²) >= 11 is 0. The molecule has 0 aliphatic carbocycles. The molecule has 3 nitrogen and oxygen atoms in total. The van der Waals surface area contributed by atoms with Gasteiger partial charge in [0.1, 0.15) is 0 Å². The molecule has 0 amide bonds. The summed E-state index contributed by atoms with van der Waals surface area (Å²) < 4.78 is 0. The van der Waals surface area contributed by atoms with Crippen molar-refractivity contribution in [3.8, 4) is 0 Å². The first-order chi connectivity index (χ1) is 8.11. The Morgan fingerprint density at radius 3 is 2.65 bits per heavy atom. The van der Waals surface area contributed by atoms with Crippen LogP contribution in [0.15, 0.2) is 24.3 Å². The second-order valence-corrected chi connectivity index (χ2v) is 5.10. The molecule has 0 atom stereocenters. The zero-order valence-corrected chi connectivity index (χ0v) is 10.5. The maximum absolute atomic E-state index is 10.2. The van der Waals surface area contributed by atoms with Gasteiger partial charge in [0.15, 0.2) is 0 Å². The summed E-state index contributed by atoms with van der Waals surface area (Å²) in [6.45, 7) is 4.94. The molecule has 1 aliphatic rings.